The normalized spacial score (nSPS) is 21.1. The largest absolute Gasteiger partial charge is 0.346 e. The van der Waals surface area contributed by atoms with E-state index in [2.05, 4.69) is 31.1 Å². The van der Waals surface area contributed by atoms with Crippen molar-refractivity contribution < 1.29 is 9.59 Å². The van der Waals surface area contributed by atoms with Crippen LogP contribution < -0.4 is 0 Å². The Labute approximate surface area is 147 Å². The van der Waals surface area contributed by atoms with E-state index in [1.165, 1.54) is 48.4 Å². The topological polar surface area (TPSA) is 42.3 Å². The molecule has 0 radical (unpaired) electrons. The van der Waals surface area contributed by atoms with Crippen LogP contribution in [0.3, 0.4) is 0 Å². The predicted octanol–water partition coefficient (Wildman–Crippen LogP) is 4.83. The van der Waals surface area contributed by atoms with E-state index in [-0.39, 0.29) is 17.7 Å². The maximum absolute atomic E-state index is 12.4. The van der Waals surface area contributed by atoms with E-state index in [1.807, 2.05) is 6.08 Å². The molecule has 24 heavy (non-hydrogen) atoms. The number of aromatic nitrogens is 1. The first kappa shape index (κ1) is 17.1. The molecule has 0 N–H and O–H groups in total. The number of imide groups is 1. The molecule has 1 saturated heterocycles. The van der Waals surface area contributed by atoms with Crippen molar-refractivity contribution in [1.29, 1.82) is 0 Å². The van der Waals surface area contributed by atoms with E-state index in [4.69, 9.17) is 0 Å². The zero-order valence-corrected chi connectivity index (χ0v) is 15.2. The summed E-state index contributed by atoms with van der Waals surface area (Å²) in [6.07, 6.45) is 9.81. The van der Waals surface area contributed by atoms with Gasteiger partial charge in [-0.1, -0.05) is 25.3 Å². The Bertz CT molecular complexity index is 711. The van der Waals surface area contributed by atoms with Gasteiger partial charge in [0.05, 0.1) is 4.91 Å². The van der Waals surface area contributed by atoms with E-state index >= 15 is 0 Å². The third-order valence-electron chi connectivity index (χ3n) is 4.94. The van der Waals surface area contributed by atoms with Gasteiger partial charge in [0, 0.05) is 24.0 Å². The molecule has 3 rings (SSSR count). The molecular formula is C19H24N2O2S. The lowest BCUT2D eigenvalue weighted by Gasteiger charge is -2.26. The van der Waals surface area contributed by atoms with Crippen molar-refractivity contribution in [3.05, 3.63) is 40.6 Å². The number of thioether (sulfide) groups is 1. The summed E-state index contributed by atoms with van der Waals surface area (Å²) in [7, 11) is 0. The standard InChI is InChI=1S/C19H24N2O2S/c1-4-10-20-18(22)17(24-19(20)23)12-15-11-13(2)21(14(15)3)16-8-6-5-7-9-16/h4,11-12,16H,1,5-10H2,2-3H3. The van der Waals surface area contributed by atoms with Crippen LogP contribution in [0, 0.1) is 13.8 Å². The molecule has 2 amide bonds. The Morgan fingerprint density at radius 2 is 1.96 bits per heavy atom. The quantitative estimate of drug-likeness (QED) is 0.580. The van der Waals surface area contributed by atoms with Gasteiger partial charge in [-0.05, 0) is 56.2 Å². The molecule has 2 aliphatic rings. The van der Waals surface area contributed by atoms with E-state index in [0.717, 1.165) is 17.3 Å². The Kier molecular flexibility index (Phi) is 4.99. The van der Waals surface area contributed by atoms with Crippen LogP contribution in [-0.2, 0) is 4.79 Å². The smallest absolute Gasteiger partial charge is 0.293 e. The minimum absolute atomic E-state index is 0.215. The first-order valence-corrected chi connectivity index (χ1v) is 9.39. The van der Waals surface area contributed by atoms with Crippen LogP contribution >= 0.6 is 11.8 Å². The fourth-order valence-corrected chi connectivity index (χ4v) is 4.62. The number of carbonyl (C=O) groups excluding carboxylic acids is 2. The average molecular weight is 344 g/mol. The number of hydrogen-bond donors (Lipinski definition) is 0. The van der Waals surface area contributed by atoms with Gasteiger partial charge in [-0.3, -0.25) is 14.5 Å². The lowest BCUT2D eigenvalue weighted by molar-refractivity contribution is -0.122. The van der Waals surface area contributed by atoms with Crippen LogP contribution in [0.4, 0.5) is 4.79 Å². The Hall–Kier alpha value is -1.75. The lowest BCUT2D eigenvalue weighted by Crippen LogP contribution is -2.27. The molecule has 0 spiro atoms. The van der Waals surface area contributed by atoms with Crippen LogP contribution in [0.5, 0.6) is 0 Å². The highest BCUT2D eigenvalue weighted by Gasteiger charge is 2.34. The molecule has 0 aromatic carbocycles. The van der Waals surface area contributed by atoms with E-state index in [1.54, 1.807) is 6.08 Å². The zero-order chi connectivity index (χ0) is 17.3. The number of amides is 2. The van der Waals surface area contributed by atoms with E-state index < -0.39 is 0 Å². The lowest BCUT2D eigenvalue weighted by atomic mass is 9.95. The van der Waals surface area contributed by atoms with Gasteiger partial charge in [-0.25, -0.2) is 0 Å². The maximum atomic E-state index is 12.4. The molecule has 0 bridgehead atoms. The third kappa shape index (κ3) is 3.09. The molecule has 1 aliphatic heterocycles. The summed E-state index contributed by atoms with van der Waals surface area (Å²) in [5, 5.41) is -0.216. The number of carbonyl (C=O) groups is 2. The highest BCUT2D eigenvalue weighted by Crippen LogP contribution is 2.35. The molecule has 0 unspecified atom stereocenters. The summed E-state index contributed by atoms with van der Waals surface area (Å²) < 4.78 is 2.42. The molecule has 1 aromatic rings. The van der Waals surface area contributed by atoms with Crippen molar-refractivity contribution in [3.63, 3.8) is 0 Å². The predicted molar refractivity (Wildman–Crippen MR) is 98.9 cm³/mol. The van der Waals surface area contributed by atoms with Crippen molar-refractivity contribution >= 4 is 29.0 Å². The van der Waals surface area contributed by atoms with Crippen LogP contribution in [0.1, 0.15) is 55.1 Å². The van der Waals surface area contributed by atoms with Crippen LogP contribution in [0.2, 0.25) is 0 Å². The van der Waals surface area contributed by atoms with Gasteiger partial charge in [0.15, 0.2) is 0 Å². The zero-order valence-electron chi connectivity index (χ0n) is 14.4. The van der Waals surface area contributed by atoms with Crippen LogP contribution in [0.15, 0.2) is 23.6 Å². The number of aryl methyl sites for hydroxylation is 1. The van der Waals surface area contributed by atoms with Crippen molar-refractivity contribution in [2.24, 2.45) is 0 Å². The van der Waals surface area contributed by atoms with Gasteiger partial charge >= 0.3 is 0 Å². The van der Waals surface area contributed by atoms with Crippen molar-refractivity contribution in [2.45, 2.75) is 52.0 Å². The summed E-state index contributed by atoms with van der Waals surface area (Å²) in [5.74, 6) is -0.215. The molecule has 2 fully saturated rings. The third-order valence-corrected chi connectivity index (χ3v) is 5.84. The molecular weight excluding hydrogens is 320 g/mol. The molecule has 2 heterocycles. The van der Waals surface area contributed by atoms with E-state index in [0.29, 0.717) is 10.9 Å². The molecule has 1 saturated carbocycles. The Balaban J connectivity index is 1.89. The van der Waals surface area contributed by atoms with Gasteiger partial charge in [0.25, 0.3) is 11.1 Å². The SMILES string of the molecule is C=CCN1C(=O)SC(=Cc2cc(C)n(C3CCCCC3)c2C)C1=O. The molecule has 128 valence electrons. The monoisotopic (exact) mass is 344 g/mol. The first-order chi connectivity index (χ1) is 11.5. The summed E-state index contributed by atoms with van der Waals surface area (Å²) in [6.45, 7) is 8.11. The number of nitrogens with zero attached hydrogens (tertiary/aromatic N) is 2. The van der Waals surface area contributed by atoms with Crippen molar-refractivity contribution in [1.82, 2.24) is 9.47 Å². The average Bonchev–Trinajstić information content (AvgIpc) is 2.99. The van der Waals surface area contributed by atoms with Gasteiger partial charge in [0.1, 0.15) is 0 Å². The second kappa shape index (κ2) is 7.01. The fraction of sp³-hybridized carbons (Fsp3) is 0.474. The Morgan fingerprint density at radius 3 is 2.62 bits per heavy atom. The Morgan fingerprint density at radius 1 is 1.25 bits per heavy atom. The summed E-state index contributed by atoms with van der Waals surface area (Å²) in [4.78, 5) is 26.1. The minimum Gasteiger partial charge on any atom is -0.346 e. The second-order valence-corrected chi connectivity index (χ2v) is 7.56. The molecule has 1 aromatic heterocycles. The van der Waals surface area contributed by atoms with E-state index in [9.17, 15) is 9.59 Å². The molecule has 0 atom stereocenters. The van der Waals surface area contributed by atoms with Crippen molar-refractivity contribution in [2.75, 3.05) is 6.54 Å². The summed E-state index contributed by atoms with van der Waals surface area (Å²) in [6, 6.07) is 2.70. The summed E-state index contributed by atoms with van der Waals surface area (Å²) >= 11 is 1.02. The van der Waals surface area contributed by atoms with Crippen LogP contribution in [0.25, 0.3) is 6.08 Å². The van der Waals surface area contributed by atoms with Gasteiger partial charge in [-0.2, -0.15) is 0 Å². The fourth-order valence-electron chi connectivity index (χ4n) is 3.78. The van der Waals surface area contributed by atoms with Gasteiger partial charge in [-0.15, -0.1) is 6.58 Å². The molecule has 5 heteroatoms. The van der Waals surface area contributed by atoms with Crippen molar-refractivity contribution in [3.8, 4) is 0 Å². The first-order valence-electron chi connectivity index (χ1n) is 8.57. The number of rotatable bonds is 4. The minimum atomic E-state index is -0.216. The van der Waals surface area contributed by atoms with Crippen LogP contribution in [-0.4, -0.2) is 27.2 Å². The summed E-state index contributed by atoms with van der Waals surface area (Å²) in [5.41, 5.74) is 3.47. The molecule has 4 nitrogen and oxygen atoms in total. The highest BCUT2D eigenvalue weighted by molar-refractivity contribution is 8.18. The highest BCUT2D eigenvalue weighted by atomic mass is 32.2. The molecule has 1 aliphatic carbocycles. The van der Waals surface area contributed by atoms with Gasteiger partial charge in [0.2, 0.25) is 0 Å². The second-order valence-electron chi connectivity index (χ2n) is 6.57. The van der Waals surface area contributed by atoms with Gasteiger partial charge < -0.3 is 4.57 Å². The number of hydrogen-bond acceptors (Lipinski definition) is 3. The maximum Gasteiger partial charge on any atom is 0.293 e.